The van der Waals surface area contributed by atoms with Crippen LogP contribution in [0.2, 0.25) is 0 Å². The summed E-state index contributed by atoms with van der Waals surface area (Å²) >= 11 is 0. The van der Waals surface area contributed by atoms with Crippen molar-refractivity contribution in [3.63, 3.8) is 0 Å². The number of anilines is 1. The van der Waals surface area contributed by atoms with Crippen LogP contribution < -0.4 is 5.32 Å². The first kappa shape index (κ1) is 19.6. The minimum atomic E-state index is -0.886. The number of carbonyl (C=O) groups is 2. The number of hydrogen-bond acceptors (Lipinski definition) is 8. The van der Waals surface area contributed by atoms with Crippen LogP contribution in [0.3, 0.4) is 0 Å². The lowest BCUT2D eigenvalue weighted by Gasteiger charge is -2.42. The van der Waals surface area contributed by atoms with Crippen molar-refractivity contribution in [2.75, 3.05) is 25.0 Å². The van der Waals surface area contributed by atoms with Crippen LogP contribution in [0.4, 0.5) is 11.5 Å². The number of carboxylic acids is 1. The first-order valence-corrected chi connectivity index (χ1v) is 8.40. The predicted molar refractivity (Wildman–Crippen MR) is 92.2 cm³/mol. The SMILES string of the molecule is CCOC(=O)c1ccnc(NC2CC(N(CC)CC(=O)O)C2)c1[N+](=O)[O-]. The first-order chi connectivity index (χ1) is 12.4. The number of ether oxygens (including phenoxy) is 1. The predicted octanol–water partition coefficient (Wildman–Crippen LogP) is 1.52. The molecular weight excluding hydrogens is 344 g/mol. The Kier molecular flexibility index (Phi) is 6.45. The molecule has 10 heteroatoms. The molecule has 0 saturated heterocycles. The van der Waals surface area contributed by atoms with Gasteiger partial charge in [0.25, 0.3) is 0 Å². The van der Waals surface area contributed by atoms with E-state index in [-0.39, 0.29) is 36.6 Å². The molecule has 0 amide bonds. The van der Waals surface area contributed by atoms with Crippen molar-refractivity contribution >= 4 is 23.4 Å². The molecule has 142 valence electrons. The van der Waals surface area contributed by atoms with Gasteiger partial charge in [0.05, 0.1) is 18.1 Å². The highest BCUT2D eigenvalue weighted by Gasteiger charge is 2.36. The maximum atomic E-state index is 11.9. The van der Waals surface area contributed by atoms with Crippen LogP contribution in [0.1, 0.15) is 37.0 Å². The van der Waals surface area contributed by atoms with E-state index >= 15 is 0 Å². The zero-order valence-electron chi connectivity index (χ0n) is 14.7. The van der Waals surface area contributed by atoms with Gasteiger partial charge in [0, 0.05) is 18.3 Å². The summed E-state index contributed by atoms with van der Waals surface area (Å²) in [4.78, 5) is 39.4. The second kappa shape index (κ2) is 8.56. The molecule has 1 aliphatic rings. The van der Waals surface area contributed by atoms with Gasteiger partial charge in [-0.2, -0.15) is 0 Å². The fourth-order valence-electron chi connectivity index (χ4n) is 2.99. The molecule has 0 unspecified atom stereocenters. The highest BCUT2D eigenvalue weighted by atomic mass is 16.6. The topological polar surface area (TPSA) is 135 Å². The zero-order valence-corrected chi connectivity index (χ0v) is 14.7. The van der Waals surface area contributed by atoms with Crippen LogP contribution in [-0.2, 0) is 9.53 Å². The van der Waals surface area contributed by atoms with E-state index in [1.807, 2.05) is 11.8 Å². The summed E-state index contributed by atoms with van der Waals surface area (Å²) in [6.45, 7) is 4.20. The molecule has 0 radical (unpaired) electrons. The van der Waals surface area contributed by atoms with Crippen molar-refractivity contribution in [3.8, 4) is 0 Å². The number of rotatable bonds is 9. The minimum absolute atomic E-state index is 0.0188. The maximum Gasteiger partial charge on any atom is 0.345 e. The van der Waals surface area contributed by atoms with Gasteiger partial charge >= 0.3 is 17.6 Å². The summed E-state index contributed by atoms with van der Waals surface area (Å²) in [6.07, 6.45) is 2.60. The second-order valence-electron chi connectivity index (χ2n) is 5.96. The minimum Gasteiger partial charge on any atom is -0.480 e. The second-order valence-corrected chi connectivity index (χ2v) is 5.96. The standard InChI is InChI=1S/C16H22N4O6/c1-3-19(9-13(21)22)11-7-10(8-11)18-15-14(20(24)25)12(5-6-17-15)16(23)26-4-2/h5-6,10-11H,3-4,7-9H2,1-2H3,(H,17,18)(H,21,22). The van der Waals surface area contributed by atoms with Crippen LogP contribution in [0.25, 0.3) is 0 Å². The third-order valence-corrected chi connectivity index (χ3v) is 4.32. The van der Waals surface area contributed by atoms with E-state index in [1.54, 1.807) is 6.92 Å². The third-order valence-electron chi connectivity index (χ3n) is 4.32. The molecule has 1 aromatic rings. The van der Waals surface area contributed by atoms with Crippen molar-refractivity contribution in [1.82, 2.24) is 9.88 Å². The Hall–Kier alpha value is -2.75. The summed E-state index contributed by atoms with van der Waals surface area (Å²) in [5.41, 5.74) is -0.557. The summed E-state index contributed by atoms with van der Waals surface area (Å²) in [5.74, 6) is -1.64. The summed E-state index contributed by atoms with van der Waals surface area (Å²) in [6, 6.07) is 1.28. The van der Waals surface area contributed by atoms with E-state index < -0.39 is 22.5 Å². The van der Waals surface area contributed by atoms with Crippen molar-refractivity contribution in [1.29, 1.82) is 0 Å². The molecule has 1 fully saturated rings. The summed E-state index contributed by atoms with van der Waals surface area (Å²) in [5, 5.41) is 23.3. The number of hydrogen-bond donors (Lipinski definition) is 2. The number of esters is 1. The lowest BCUT2D eigenvalue weighted by molar-refractivity contribution is -0.384. The molecule has 2 N–H and O–H groups in total. The monoisotopic (exact) mass is 366 g/mol. The van der Waals surface area contributed by atoms with Crippen LogP contribution >= 0.6 is 0 Å². The molecule has 10 nitrogen and oxygen atoms in total. The zero-order chi connectivity index (χ0) is 19.3. The van der Waals surface area contributed by atoms with Gasteiger partial charge in [0.2, 0.25) is 5.82 Å². The smallest absolute Gasteiger partial charge is 0.345 e. The molecule has 1 aliphatic carbocycles. The summed E-state index contributed by atoms with van der Waals surface area (Å²) in [7, 11) is 0. The van der Waals surface area contributed by atoms with Gasteiger partial charge in [-0.3, -0.25) is 19.8 Å². The van der Waals surface area contributed by atoms with Gasteiger partial charge in [0.15, 0.2) is 0 Å². The molecular formula is C16H22N4O6. The van der Waals surface area contributed by atoms with Crippen LogP contribution in [-0.4, -0.2) is 63.6 Å². The Morgan fingerprint density at radius 1 is 1.46 bits per heavy atom. The van der Waals surface area contributed by atoms with Gasteiger partial charge in [0.1, 0.15) is 5.56 Å². The number of carboxylic acid groups (broad SMARTS) is 1. The van der Waals surface area contributed by atoms with E-state index in [9.17, 15) is 19.7 Å². The molecule has 0 atom stereocenters. The molecule has 0 aromatic carbocycles. The highest BCUT2D eigenvalue weighted by molar-refractivity contribution is 5.96. The van der Waals surface area contributed by atoms with Crippen molar-refractivity contribution < 1.29 is 24.4 Å². The van der Waals surface area contributed by atoms with Gasteiger partial charge in [-0.05, 0) is 32.4 Å². The lowest BCUT2D eigenvalue weighted by Crippen LogP contribution is -2.51. The molecule has 1 heterocycles. The molecule has 26 heavy (non-hydrogen) atoms. The average molecular weight is 366 g/mol. The van der Waals surface area contributed by atoms with E-state index in [0.717, 1.165) is 0 Å². The van der Waals surface area contributed by atoms with Gasteiger partial charge < -0.3 is 15.2 Å². The maximum absolute atomic E-state index is 11.9. The number of carbonyl (C=O) groups excluding carboxylic acids is 1. The highest BCUT2D eigenvalue weighted by Crippen LogP contribution is 2.33. The molecule has 1 saturated carbocycles. The number of nitrogens with zero attached hydrogens (tertiary/aromatic N) is 3. The number of pyridine rings is 1. The number of nitro groups is 1. The number of aliphatic carboxylic acids is 1. The van der Waals surface area contributed by atoms with Gasteiger partial charge in [-0.1, -0.05) is 6.92 Å². The van der Waals surface area contributed by atoms with Crippen LogP contribution in [0.15, 0.2) is 12.3 Å². The largest absolute Gasteiger partial charge is 0.480 e. The number of likely N-dealkylation sites (N-methyl/N-ethyl adjacent to an activating group) is 1. The molecule has 2 rings (SSSR count). The molecule has 0 aliphatic heterocycles. The van der Waals surface area contributed by atoms with Crippen molar-refractivity contribution in [2.24, 2.45) is 0 Å². The fraction of sp³-hybridized carbons (Fsp3) is 0.562. The first-order valence-electron chi connectivity index (χ1n) is 8.40. The Bertz CT molecular complexity index is 689. The van der Waals surface area contributed by atoms with Crippen LogP contribution in [0.5, 0.6) is 0 Å². The average Bonchev–Trinajstić information content (AvgIpc) is 2.55. The Morgan fingerprint density at radius 2 is 2.15 bits per heavy atom. The van der Waals surface area contributed by atoms with Crippen molar-refractivity contribution in [3.05, 3.63) is 27.9 Å². The number of aromatic nitrogens is 1. The number of nitrogens with one attached hydrogen (secondary N) is 1. The van der Waals surface area contributed by atoms with E-state index in [1.165, 1.54) is 12.3 Å². The quantitative estimate of drug-likeness (QED) is 0.379. The van der Waals surface area contributed by atoms with E-state index in [0.29, 0.717) is 19.4 Å². The van der Waals surface area contributed by atoms with Gasteiger partial charge in [-0.15, -0.1) is 0 Å². The Morgan fingerprint density at radius 3 is 2.69 bits per heavy atom. The molecule has 0 spiro atoms. The van der Waals surface area contributed by atoms with Gasteiger partial charge in [-0.25, -0.2) is 9.78 Å². The molecule has 1 aromatic heterocycles. The molecule has 0 bridgehead atoms. The lowest BCUT2D eigenvalue weighted by atomic mass is 9.85. The fourth-order valence-corrected chi connectivity index (χ4v) is 2.99. The third kappa shape index (κ3) is 4.45. The van der Waals surface area contributed by atoms with E-state index in [2.05, 4.69) is 10.3 Å². The Balaban J connectivity index is 2.09. The van der Waals surface area contributed by atoms with Crippen LogP contribution in [0, 0.1) is 10.1 Å². The van der Waals surface area contributed by atoms with Crippen molar-refractivity contribution in [2.45, 2.75) is 38.8 Å². The summed E-state index contributed by atoms with van der Waals surface area (Å²) < 4.78 is 4.86. The van der Waals surface area contributed by atoms with E-state index in [4.69, 9.17) is 9.84 Å². The Labute approximate surface area is 150 Å². The normalized spacial score (nSPS) is 18.9.